The minimum absolute atomic E-state index is 0.265. The molecule has 1 N–H and O–H groups in total. The summed E-state index contributed by atoms with van der Waals surface area (Å²) in [4.78, 5) is 19.0. The fourth-order valence-corrected chi connectivity index (χ4v) is 4.97. The van der Waals surface area contributed by atoms with Crippen molar-refractivity contribution in [1.29, 1.82) is 0 Å². The molecule has 1 heterocycles. The van der Waals surface area contributed by atoms with E-state index in [0.29, 0.717) is 55.5 Å². The second-order valence-corrected chi connectivity index (χ2v) is 10.4. The molecule has 0 aliphatic heterocycles. The molecule has 4 rings (SSSR count). The van der Waals surface area contributed by atoms with E-state index in [1.165, 1.54) is 23.5 Å². The molecule has 0 atom stereocenters. The van der Waals surface area contributed by atoms with E-state index < -0.39 is 11.7 Å². The summed E-state index contributed by atoms with van der Waals surface area (Å²) in [5.74, 6) is 0.460. The van der Waals surface area contributed by atoms with Crippen molar-refractivity contribution in [2.75, 3.05) is 20.3 Å². The Bertz CT molecular complexity index is 1380. The van der Waals surface area contributed by atoms with Crippen molar-refractivity contribution in [3.8, 4) is 5.75 Å². The molecule has 0 aliphatic rings. The van der Waals surface area contributed by atoms with Crippen LogP contribution in [0, 0.1) is 0 Å². The smallest absolute Gasteiger partial charge is 0.416 e. The predicted octanol–water partition coefficient (Wildman–Crippen LogP) is 6.71. The highest BCUT2D eigenvalue weighted by Gasteiger charge is 2.30. The fourth-order valence-electron chi connectivity index (χ4n) is 4.15. The number of carbonyl (C=O) groups is 1. The quantitative estimate of drug-likeness (QED) is 0.167. The third kappa shape index (κ3) is 9.70. The first-order valence-corrected chi connectivity index (χ1v) is 14.0. The summed E-state index contributed by atoms with van der Waals surface area (Å²) in [6, 6.07) is 22.9. The Morgan fingerprint density at radius 2 is 1.66 bits per heavy atom. The number of nitrogens with zero attached hydrogens (tertiary/aromatic N) is 2. The second kappa shape index (κ2) is 14.8. The van der Waals surface area contributed by atoms with Gasteiger partial charge in [-0.15, -0.1) is 11.3 Å². The number of halogens is 3. The number of amides is 1. The van der Waals surface area contributed by atoms with Gasteiger partial charge >= 0.3 is 6.18 Å². The van der Waals surface area contributed by atoms with Crippen LogP contribution in [0.3, 0.4) is 0 Å². The van der Waals surface area contributed by atoms with Crippen molar-refractivity contribution >= 4 is 17.2 Å². The summed E-state index contributed by atoms with van der Waals surface area (Å²) in [6.07, 6.45) is -3.72. The van der Waals surface area contributed by atoms with Crippen molar-refractivity contribution < 1.29 is 27.4 Å². The van der Waals surface area contributed by atoms with Crippen LogP contribution in [0.2, 0.25) is 0 Å². The maximum Gasteiger partial charge on any atom is 0.416 e. The van der Waals surface area contributed by atoms with Crippen molar-refractivity contribution in [1.82, 2.24) is 15.2 Å². The molecule has 0 saturated carbocycles. The van der Waals surface area contributed by atoms with E-state index in [0.717, 1.165) is 22.9 Å². The topological polar surface area (TPSA) is 63.7 Å². The van der Waals surface area contributed by atoms with Crippen LogP contribution >= 0.6 is 11.3 Å². The molecular formula is C31H32F3N3O3S. The molecule has 216 valence electrons. The molecule has 1 aromatic heterocycles. The Hall–Kier alpha value is -3.73. The number of hydrogen-bond donors (Lipinski definition) is 1. The van der Waals surface area contributed by atoms with Gasteiger partial charge in [0.2, 0.25) is 0 Å². The summed E-state index contributed by atoms with van der Waals surface area (Å²) in [7, 11) is 1.60. The van der Waals surface area contributed by atoms with E-state index in [2.05, 4.69) is 10.3 Å². The largest absolute Gasteiger partial charge is 0.489 e. The lowest BCUT2D eigenvalue weighted by molar-refractivity contribution is -0.137. The molecule has 10 heteroatoms. The summed E-state index contributed by atoms with van der Waals surface area (Å²) >= 11 is 1.35. The van der Waals surface area contributed by atoms with Gasteiger partial charge in [-0.3, -0.25) is 9.69 Å². The number of carbonyl (C=O) groups excluding carboxylic acids is 1. The van der Waals surface area contributed by atoms with Crippen LogP contribution < -0.4 is 10.1 Å². The van der Waals surface area contributed by atoms with E-state index in [9.17, 15) is 18.0 Å². The van der Waals surface area contributed by atoms with E-state index >= 15 is 0 Å². The van der Waals surface area contributed by atoms with E-state index in [1.807, 2.05) is 59.5 Å². The van der Waals surface area contributed by atoms with Gasteiger partial charge in [0.1, 0.15) is 23.1 Å². The molecule has 0 radical (unpaired) electrons. The second-order valence-electron chi connectivity index (χ2n) is 9.49. The van der Waals surface area contributed by atoms with Gasteiger partial charge in [0.15, 0.2) is 0 Å². The highest BCUT2D eigenvalue weighted by atomic mass is 32.1. The Labute approximate surface area is 241 Å². The molecule has 1 amide bonds. The van der Waals surface area contributed by atoms with E-state index in [1.54, 1.807) is 18.6 Å². The van der Waals surface area contributed by atoms with Crippen LogP contribution in [-0.4, -0.2) is 36.1 Å². The molecule has 0 fully saturated rings. The SMILES string of the molecule is COCCCNC(=O)c1csc(CN(Cc2ccc(OCc3ccccc3)cc2)Cc2cccc(C(F)(F)F)c2)n1. The average Bonchev–Trinajstić information content (AvgIpc) is 3.44. The van der Waals surface area contributed by atoms with Crippen LogP contribution in [0.1, 0.15) is 44.2 Å². The first kappa shape index (κ1) is 30.2. The number of methoxy groups -OCH3 is 1. The number of nitrogens with one attached hydrogen (secondary N) is 1. The summed E-state index contributed by atoms with van der Waals surface area (Å²) in [5.41, 5.74) is 2.21. The first-order valence-electron chi connectivity index (χ1n) is 13.2. The lowest BCUT2D eigenvalue weighted by Gasteiger charge is -2.22. The Morgan fingerprint density at radius 3 is 2.39 bits per heavy atom. The third-order valence-corrected chi connectivity index (χ3v) is 7.03. The van der Waals surface area contributed by atoms with Crippen molar-refractivity contribution in [2.45, 2.75) is 38.8 Å². The van der Waals surface area contributed by atoms with Gasteiger partial charge in [0.05, 0.1) is 12.1 Å². The van der Waals surface area contributed by atoms with Crippen molar-refractivity contribution in [3.05, 3.63) is 117 Å². The molecule has 41 heavy (non-hydrogen) atoms. The molecule has 0 unspecified atom stereocenters. The minimum Gasteiger partial charge on any atom is -0.489 e. The number of aromatic nitrogens is 1. The zero-order valence-corrected chi connectivity index (χ0v) is 23.5. The molecule has 6 nitrogen and oxygen atoms in total. The first-order chi connectivity index (χ1) is 19.8. The molecule has 0 saturated heterocycles. The van der Waals surface area contributed by atoms with Crippen LogP contribution in [0.25, 0.3) is 0 Å². The normalized spacial score (nSPS) is 11.5. The number of alkyl halides is 3. The van der Waals surface area contributed by atoms with Crippen molar-refractivity contribution in [3.63, 3.8) is 0 Å². The number of rotatable bonds is 14. The maximum absolute atomic E-state index is 13.3. The van der Waals surface area contributed by atoms with Crippen molar-refractivity contribution in [2.24, 2.45) is 0 Å². The summed E-state index contributed by atoms with van der Waals surface area (Å²) in [5, 5.41) is 5.21. The molecule has 0 spiro atoms. The average molecular weight is 584 g/mol. The molecular weight excluding hydrogens is 551 g/mol. The van der Waals surface area contributed by atoms with E-state index in [-0.39, 0.29) is 12.5 Å². The highest BCUT2D eigenvalue weighted by Crippen LogP contribution is 2.30. The summed E-state index contributed by atoms with van der Waals surface area (Å²) < 4.78 is 50.9. The maximum atomic E-state index is 13.3. The van der Waals surface area contributed by atoms with Gasteiger partial charge in [-0.1, -0.05) is 60.7 Å². The lowest BCUT2D eigenvalue weighted by Crippen LogP contribution is -2.26. The monoisotopic (exact) mass is 583 g/mol. The predicted molar refractivity (Wildman–Crippen MR) is 153 cm³/mol. The van der Waals surface area contributed by atoms with E-state index in [4.69, 9.17) is 9.47 Å². The van der Waals surface area contributed by atoms with Gasteiger partial charge in [-0.25, -0.2) is 4.98 Å². The standard InChI is InChI=1S/C31H32F3N3O3S/c1-39-16-6-15-35-30(38)28-22-41-29(36-28)20-37(19-25-9-5-10-26(17-25)31(32,33)34)18-23-11-13-27(14-12-23)40-21-24-7-3-2-4-8-24/h2-5,7-14,17,22H,6,15-16,18-21H2,1H3,(H,35,38). The number of benzene rings is 3. The highest BCUT2D eigenvalue weighted by molar-refractivity contribution is 7.09. The fraction of sp³-hybridized carbons (Fsp3) is 0.290. The molecule has 4 aromatic rings. The van der Waals surface area contributed by atoms with Crippen LogP contribution in [-0.2, 0) is 37.2 Å². The number of ether oxygens (including phenoxy) is 2. The van der Waals surface area contributed by atoms with Gasteiger partial charge in [0, 0.05) is 38.7 Å². The Morgan fingerprint density at radius 1 is 0.927 bits per heavy atom. The van der Waals surface area contributed by atoms with Gasteiger partial charge in [0.25, 0.3) is 5.91 Å². The minimum atomic E-state index is -4.42. The molecule has 0 aliphatic carbocycles. The third-order valence-electron chi connectivity index (χ3n) is 6.19. The van der Waals surface area contributed by atoms with Crippen LogP contribution in [0.15, 0.2) is 84.2 Å². The van der Waals surface area contributed by atoms with Gasteiger partial charge < -0.3 is 14.8 Å². The van der Waals surface area contributed by atoms with Crippen LogP contribution in [0.5, 0.6) is 5.75 Å². The van der Waals surface area contributed by atoms with Gasteiger partial charge in [-0.2, -0.15) is 13.2 Å². The van der Waals surface area contributed by atoms with Gasteiger partial charge in [-0.05, 0) is 41.3 Å². The molecule has 3 aromatic carbocycles. The Balaban J connectivity index is 1.45. The Kier molecular flexibility index (Phi) is 10.9. The zero-order valence-electron chi connectivity index (χ0n) is 22.7. The van der Waals surface area contributed by atoms with Crippen LogP contribution in [0.4, 0.5) is 13.2 Å². The zero-order chi connectivity index (χ0) is 29.1. The lowest BCUT2D eigenvalue weighted by atomic mass is 10.1. The number of hydrogen-bond acceptors (Lipinski definition) is 6. The summed E-state index contributed by atoms with van der Waals surface area (Å²) in [6.45, 7) is 2.58. The molecule has 0 bridgehead atoms. The number of thiazole rings is 1.